The molecule has 0 saturated carbocycles. The molecule has 0 bridgehead atoms. The fraction of sp³-hybridized carbons (Fsp3) is 0.818. The summed E-state index contributed by atoms with van der Waals surface area (Å²) in [4.78, 5) is 24.5. The van der Waals surface area contributed by atoms with E-state index in [0.29, 0.717) is 18.9 Å². The summed E-state index contributed by atoms with van der Waals surface area (Å²) in [5, 5.41) is 12.3. The van der Waals surface area contributed by atoms with E-state index in [2.05, 4.69) is 5.32 Å². The summed E-state index contributed by atoms with van der Waals surface area (Å²) in [6.45, 7) is 6.28. The zero-order chi connectivity index (χ0) is 12.3. The first-order valence-corrected chi connectivity index (χ1v) is 5.64. The molecule has 1 aliphatic rings. The largest absolute Gasteiger partial charge is 0.391 e. The van der Waals surface area contributed by atoms with Crippen LogP contribution < -0.4 is 5.32 Å². The van der Waals surface area contributed by atoms with E-state index in [9.17, 15) is 14.7 Å². The van der Waals surface area contributed by atoms with Crippen LogP contribution in [0.25, 0.3) is 0 Å². The van der Waals surface area contributed by atoms with Crippen LogP contribution in [-0.4, -0.2) is 47.1 Å². The van der Waals surface area contributed by atoms with E-state index in [0.717, 1.165) is 0 Å². The van der Waals surface area contributed by atoms with Crippen molar-refractivity contribution in [3.63, 3.8) is 0 Å². The number of amides is 2. The zero-order valence-electron chi connectivity index (χ0n) is 10.1. The Morgan fingerprint density at radius 1 is 1.50 bits per heavy atom. The Hall–Kier alpha value is -1.10. The van der Waals surface area contributed by atoms with Crippen molar-refractivity contribution in [2.75, 3.05) is 13.1 Å². The van der Waals surface area contributed by atoms with Gasteiger partial charge in [-0.25, -0.2) is 0 Å². The Kier molecular flexibility index (Phi) is 4.29. The number of hydrogen-bond acceptors (Lipinski definition) is 3. The van der Waals surface area contributed by atoms with Gasteiger partial charge in [-0.05, 0) is 5.92 Å². The Balaban J connectivity index is 2.56. The summed E-state index contributed by atoms with van der Waals surface area (Å²) < 4.78 is 0. The minimum atomic E-state index is -0.585. The van der Waals surface area contributed by atoms with Crippen LogP contribution in [0.1, 0.15) is 27.2 Å². The van der Waals surface area contributed by atoms with Gasteiger partial charge in [-0.3, -0.25) is 9.59 Å². The number of hydrogen-bond donors (Lipinski definition) is 2. The van der Waals surface area contributed by atoms with Gasteiger partial charge in [0.1, 0.15) is 6.04 Å². The number of nitrogens with one attached hydrogen (secondary N) is 1. The number of aliphatic hydroxyl groups excluding tert-OH is 1. The number of aliphatic hydroxyl groups is 1. The van der Waals surface area contributed by atoms with Crippen molar-refractivity contribution in [3.8, 4) is 0 Å². The highest BCUT2D eigenvalue weighted by molar-refractivity contribution is 5.87. The molecule has 5 nitrogen and oxygen atoms in total. The molecule has 0 aromatic heterocycles. The molecule has 2 N–H and O–H groups in total. The molecule has 2 atom stereocenters. The van der Waals surface area contributed by atoms with Crippen LogP contribution in [0.5, 0.6) is 0 Å². The fourth-order valence-electron chi connectivity index (χ4n) is 1.83. The molecule has 1 saturated heterocycles. The lowest BCUT2D eigenvalue weighted by Crippen LogP contribution is -2.45. The molecule has 5 heteroatoms. The van der Waals surface area contributed by atoms with E-state index in [4.69, 9.17) is 0 Å². The van der Waals surface area contributed by atoms with Crippen molar-refractivity contribution in [1.82, 2.24) is 10.2 Å². The lowest BCUT2D eigenvalue weighted by atomic mass is 10.1. The Labute approximate surface area is 95.8 Å². The summed E-state index contributed by atoms with van der Waals surface area (Å²) >= 11 is 0. The summed E-state index contributed by atoms with van der Waals surface area (Å²) in [6, 6.07) is -0.508. The van der Waals surface area contributed by atoms with Crippen molar-refractivity contribution in [2.45, 2.75) is 39.3 Å². The molecule has 0 aromatic carbocycles. The van der Waals surface area contributed by atoms with Crippen LogP contribution in [0.3, 0.4) is 0 Å². The topological polar surface area (TPSA) is 69.6 Å². The Bertz CT molecular complexity index is 278. The van der Waals surface area contributed by atoms with Gasteiger partial charge in [-0.1, -0.05) is 13.8 Å². The highest BCUT2D eigenvalue weighted by Gasteiger charge is 2.37. The van der Waals surface area contributed by atoms with Crippen LogP contribution in [0.2, 0.25) is 0 Å². The molecule has 0 aromatic rings. The van der Waals surface area contributed by atoms with Gasteiger partial charge < -0.3 is 15.3 Å². The SMILES string of the molecule is CC(=O)N1CC(O)CC1C(=O)NCC(C)C. The zero-order valence-corrected chi connectivity index (χ0v) is 10.1. The van der Waals surface area contributed by atoms with Crippen molar-refractivity contribution in [2.24, 2.45) is 5.92 Å². The Morgan fingerprint density at radius 3 is 2.62 bits per heavy atom. The first-order valence-electron chi connectivity index (χ1n) is 5.64. The standard InChI is InChI=1S/C11H20N2O3/c1-7(2)5-12-11(16)10-4-9(15)6-13(10)8(3)14/h7,9-10,15H,4-6H2,1-3H3,(H,12,16). The molecular formula is C11H20N2O3. The molecule has 16 heavy (non-hydrogen) atoms. The summed E-state index contributed by atoms with van der Waals surface area (Å²) in [6.07, 6.45) is -0.248. The van der Waals surface area contributed by atoms with E-state index in [1.54, 1.807) is 0 Å². The normalized spacial score (nSPS) is 24.9. The van der Waals surface area contributed by atoms with Gasteiger partial charge in [0, 0.05) is 26.4 Å². The van der Waals surface area contributed by atoms with Crippen LogP contribution in [0, 0.1) is 5.92 Å². The molecule has 0 aliphatic carbocycles. The first-order chi connectivity index (χ1) is 7.41. The predicted octanol–water partition coefficient (Wildman–Crippen LogP) is -0.260. The van der Waals surface area contributed by atoms with Gasteiger partial charge in [0.2, 0.25) is 11.8 Å². The minimum Gasteiger partial charge on any atom is -0.391 e. The monoisotopic (exact) mass is 228 g/mol. The third-order valence-electron chi connectivity index (χ3n) is 2.67. The molecule has 92 valence electrons. The second-order valence-electron chi connectivity index (χ2n) is 4.72. The molecule has 1 fully saturated rings. The lowest BCUT2D eigenvalue weighted by molar-refractivity contribution is -0.137. The van der Waals surface area contributed by atoms with E-state index < -0.39 is 12.1 Å². The lowest BCUT2D eigenvalue weighted by Gasteiger charge is -2.22. The van der Waals surface area contributed by atoms with E-state index in [1.807, 2.05) is 13.8 Å². The van der Waals surface area contributed by atoms with Crippen LogP contribution >= 0.6 is 0 Å². The minimum absolute atomic E-state index is 0.166. The second kappa shape index (κ2) is 5.30. The smallest absolute Gasteiger partial charge is 0.242 e. The molecule has 0 radical (unpaired) electrons. The van der Waals surface area contributed by atoms with Crippen molar-refractivity contribution >= 4 is 11.8 Å². The van der Waals surface area contributed by atoms with E-state index in [-0.39, 0.29) is 18.4 Å². The van der Waals surface area contributed by atoms with Gasteiger partial charge in [0.05, 0.1) is 6.10 Å². The Morgan fingerprint density at radius 2 is 2.12 bits per heavy atom. The average Bonchev–Trinajstić information content (AvgIpc) is 2.56. The van der Waals surface area contributed by atoms with Gasteiger partial charge in [-0.2, -0.15) is 0 Å². The summed E-state index contributed by atoms with van der Waals surface area (Å²) in [7, 11) is 0. The van der Waals surface area contributed by atoms with Gasteiger partial charge >= 0.3 is 0 Å². The third kappa shape index (κ3) is 3.20. The quantitative estimate of drug-likeness (QED) is 0.699. The summed E-state index contributed by atoms with van der Waals surface area (Å²) in [5.41, 5.74) is 0. The van der Waals surface area contributed by atoms with Crippen molar-refractivity contribution < 1.29 is 14.7 Å². The number of nitrogens with zero attached hydrogens (tertiary/aromatic N) is 1. The second-order valence-corrected chi connectivity index (χ2v) is 4.72. The van der Waals surface area contributed by atoms with Crippen molar-refractivity contribution in [1.29, 1.82) is 0 Å². The average molecular weight is 228 g/mol. The molecule has 2 amide bonds. The van der Waals surface area contributed by atoms with Gasteiger partial charge in [0.15, 0.2) is 0 Å². The molecule has 2 unspecified atom stereocenters. The number of rotatable bonds is 3. The molecule has 1 rings (SSSR count). The fourth-order valence-corrected chi connectivity index (χ4v) is 1.83. The van der Waals surface area contributed by atoms with Crippen LogP contribution in [0.4, 0.5) is 0 Å². The van der Waals surface area contributed by atoms with E-state index >= 15 is 0 Å². The van der Waals surface area contributed by atoms with Gasteiger partial charge in [0.25, 0.3) is 0 Å². The highest BCUT2D eigenvalue weighted by atomic mass is 16.3. The maximum atomic E-state index is 11.8. The van der Waals surface area contributed by atoms with Gasteiger partial charge in [-0.15, -0.1) is 0 Å². The van der Waals surface area contributed by atoms with Crippen LogP contribution in [-0.2, 0) is 9.59 Å². The number of carbonyl (C=O) groups excluding carboxylic acids is 2. The van der Waals surface area contributed by atoms with Crippen LogP contribution in [0.15, 0.2) is 0 Å². The predicted molar refractivity (Wildman–Crippen MR) is 59.6 cm³/mol. The third-order valence-corrected chi connectivity index (χ3v) is 2.67. The molecule has 1 heterocycles. The number of carbonyl (C=O) groups is 2. The molecular weight excluding hydrogens is 208 g/mol. The molecule has 1 aliphatic heterocycles. The first kappa shape index (κ1) is 13.0. The van der Waals surface area contributed by atoms with Crippen molar-refractivity contribution in [3.05, 3.63) is 0 Å². The number of β-amino-alcohol motifs (C(OH)–C–C–N with tert-alkyl or cyclic N) is 1. The number of likely N-dealkylation sites (tertiary alicyclic amines) is 1. The maximum absolute atomic E-state index is 11.8. The van der Waals surface area contributed by atoms with E-state index in [1.165, 1.54) is 11.8 Å². The summed E-state index contributed by atoms with van der Waals surface area (Å²) in [5.74, 6) is 0.0442. The highest BCUT2D eigenvalue weighted by Crippen LogP contribution is 2.18. The molecule has 0 spiro atoms. The maximum Gasteiger partial charge on any atom is 0.242 e.